The molecular weight excluding hydrogens is 298 g/mol. The highest BCUT2D eigenvalue weighted by molar-refractivity contribution is 5.92. The van der Waals surface area contributed by atoms with Crippen LogP contribution in [0.2, 0.25) is 0 Å². The van der Waals surface area contributed by atoms with Crippen molar-refractivity contribution in [1.82, 2.24) is 0 Å². The topological polar surface area (TPSA) is 84.9 Å². The number of aliphatic carboxylic acids is 1. The molecule has 1 aliphatic rings. The van der Waals surface area contributed by atoms with Gasteiger partial charge in [-0.2, -0.15) is 0 Å². The van der Waals surface area contributed by atoms with Gasteiger partial charge in [0.25, 0.3) is 0 Å². The number of hydrogen-bond acceptors (Lipinski definition) is 4. The molecular formula is C17H23NO5. The Morgan fingerprint density at radius 1 is 1.13 bits per heavy atom. The van der Waals surface area contributed by atoms with Gasteiger partial charge in [0.2, 0.25) is 5.91 Å². The number of methoxy groups -OCH3 is 2. The van der Waals surface area contributed by atoms with E-state index in [1.54, 1.807) is 25.3 Å². The SMILES string of the molecule is COc1ccc(NC(=O)CC2(CC(=O)O)CCCC2)cc1OC. The molecule has 0 aliphatic heterocycles. The Kier molecular flexibility index (Phi) is 5.47. The number of anilines is 1. The number of benzene rings is 1. The second-order valence-corrected chi connectivity index (χ2v) is 6.07. The molecule has 0 saturated heterocycles. The molecule has 1 amide bonds. The summed E-state index contributed by atoms with van der Waals surface area (Å²) in [5, 5.41) is 11.9. The van der Waals surface area contributed by atoms with Crippen molar-refractivity contribution in [2.24, 2.45) is 5.41 Å². The molecule has 0 spiro atoms. The van der Waals surface area contributed by atoms with E-state index in [2.05, 4.69) is 5.32 Å². The number of ether oxygens (including phenoxy) is 2. The molecule has 0 aromatic heterocycles. The number of rotatable bonds is 7. The van der Waals surface area contributed by atoms with Crippen LogP contribution in [0.25, 0.3) is 0 Å². The maximum Gasteiger partial charge on any atom is 0.303 e. The van der Waals surface area contributed by atoms with Crippen LogP contribution in [-0.2, 0) is 9.59 Å². The van der Waals surface area contributed by atoms with E-state index in [4.69, 9.17) is 14.6 Å². The second-order valence-electron chi connectivity index (χ2n) is 6.07. The van der Waals surface area contributed by atoms with E-state index in [1.807, 2.05) is 0 Å². The molecule has 6 heteroatoms. The summed E-state index contributed by atoms with van der Waals surface area (Å²) in [5.41, 5.74) is 0.197. The minimum atomic E-state index is -0.842. The normalized spacial score (nSPS) is 15.9. The third kappa shape index (κ3) is 4.37. The highest BCUT2D eigenvalue weighted by Gasteiger charge is 2.38. The number of carboxylic acids is 1. The summed E-state index contributed by atoms with van der Waals surface area (Å²) < 4.78 is 10.4. The van der Waals surface area contributed by atoms with Gasteiger partial charge in [-0.15, -0.1) is 0 Å². The van der Waals surface area contributed by atoms with Crippen LogP contribution in [0.1, 0.15) is 38.5 Å². The van der Waals surface area contributed by atoms with Gasteiger partial charge in [-0.25, -0.2) is 0 Å². The van der Waals surface area contributed by atoms with Crippen LogP contribution in [-0.4, -0.2) is 31.2 Å². The molecule has 1 saturated carbocycles. The maximum atomic E-state index is 12.3. The highest BCUT2D eigenvalue weighted by atomic mass is 16.5. The van der Waals surface area contributed by atoms with Crippen molar-refractivity contribution in [3.05, 3.63) is 18.2 Å². The predicted molar refractivity (Wildman–Crippen MR) is 85.9 cm³/mol. The first kappa shape index (κ1) is 17.1. The van der Waals surface area contributed by atoms with E-state index in [0.29, 0.717) is 17.2 Å². The van der Waals surface area contributed by atoms with E-state index < -0.39 is 11.4 Å². The fourth-order valence-electron chi connectivity index (χ4n) is 3.32. The smallest absolute Gasteiger partial charge is 0.303 e. The number of nitrogens with one attached hydrogen (secondary N) is 1. The molecule has 2 N–H and O–H groups in total. The fourth-order valence-corrected chi connectivity index (χ4v) is 3.32. The Balaban J connectivity index is 2.05. The monoisotopic (exact) mass is 321 g/mol. The van der Waals surface area contributed by atoms with Crippen molar-refractivity contribution in [1.29, 1.82) is 0 Å². The molecule has 1 aromatic carbocycles. The summed E-state index contributed by atoms with van der Waals surface area (Å²) in [5.74, 6) is 0.112. The zero-order chi connectivity index (χ0) is 16.9. The van der Waals surface area contributed by atoms with Gasteiger partial charge >= 0.3 is 5.97 Å². The lowest BCUT2D eigenvalue weighted by molar-refractivity contribution is -0.140. The zero-order valence-corrected chi connectivity index (χ0v) is 13.6. The maximum absolute atomic E-state index is 12.3. The van der Waals surface area contributed by atoms with E-state index in [1.165, 1.54) is 7.11 Å². The minimum Gasteiger partial charge on any atom is -0.493 e. The van der Waals surface area contributed by atoms with Crippen molar-refractivity contribution in [2.75, 3.05) is 19.5 Å². The van der Waals surface area contributed by atoms with E-state index in [0.717, 1.165) is 25.7 Å². The third-order valence-corrected chi connectivity index (χ3v) is 4.39. The van der Waals surface area contributed by atoms with Crippen molar-refractivity contribution in [2.45, 2.75) is 38.5 Å². The summed E-state index contributed by atoms with van der Waals surface area (Å²) in [6, 6.07) is 5.14. The third-order valence-electron chi connectivity index (χ3n) is 4.39. The van der Waals surface area contributed by atoms with Gasteiger partial charge < -0.3 is 19.9 Å². The highest BCUT2D eigenvalue weighted by Crippen LogP contribution is 2.44. The van der Waals surface area contributed by atoms with Gasteiger partial charge in [-0.1, -0.05) is 12.8 Å². The van der Waals surface area contributed by atoms with Crippen LogP contribution in [0.15, 0.2) is 18.2 Å². The fraction of sp³-hybridized carbons (Fsp3) is 0.529. The van der Waals surface area contributed by atoms with Crippen LogP contribution in [0, 0.1) is 5.41 Å². The number of carbonyl (C=O) groups is 2. The molecule has 1 aliphatic carbocycles. The summed E-state index contributed by atoms with van der Waals surface area (Å²) in [6.07, 6.45) is 3.82. The van der Waals surface area contributed by atoms with Gasteiger partial charge in [-0.05, 0) is 30.4 Å². The summed E-state index contributed by atoms with van der Waals surface area (Å²) in [6.45, 7) is 0. The van der Waals surface area contributed by atoms with Crippen LogP contribution in [0.3, 0.4) is 0 Å². The van der Waals surface area contributed by atoms with Gasteiger partial charge in [0, 0.05) is 18.2 Å². The minimum absolute atomic E-state index is 0.0480. The predicted octanol–water partition coefficient (Wildman–Crippen LogP) is 3.07. The van der Waals surface area contributed by atoms with Gasteiger partial charge in [0.05, 0.1) is 20.6 Å². The molecule has 0 heterocycles. The van der Waals surface area contributed by atoms with Crippen molar-refractivity contribution < 1.29 is 24.2 Å². The Morgan fingerprint density at radius 3 is 2.35 bits per heavy atom. The molecule has 1 fully saturated rings. The summed E-state index contributed by atoms with van der Waals surface area (Å²) in [7, 11) is 3.08. The standard InChI is InChI=1S/C17H23NO5/c1-22-13-6-5-12(9-14(13)23-2)18-15(19)10-17(11-16(20)21)7-3-4-8-17/h5-6,9H,3-4,7-8,10-11H2,1-2H3,(H,18,19)(H,20,21). The largest absolute Gasteiger partial charge is 0.493 e. The Morgan fingerprint density at radius 2 is 1.78 bits per heavy atom. The van der Waals surface area contributed by atoms with Crippen molar-refractivity contribution in [3.63, 3.8) is 0 Å². The molecule has 0 bridgehead atoms. The lowest BCUT2D eigenvalue weighted by Gasteiger charge is -2.26. The van der Waals surface area contributed by atoms with Crippen LogP contribution in [0.4, 0.5) is 5.69 Å². The lowest BCUT2D eigenvalue weighted by Crippen LogP contribution is -2.27. The number of carbonyl (C=O) groups excluding carboxylic acids is 1. The number of carboxylic acid groups (broad SMARTS) is 1. The van der Waals surface area contributed by atoms with E-state index >= 15 is 0 Å². The Labute approximate surface area is 135 Å². The molecule has 1 aromatic rings. The molecule has 23 heavy (non-hydrogen) atoms. The van der Waals surface area contributed by atoms with Gasteiger partial charge in [-0.3, -0.25) is 9.59 Å². The molecule has 0 unspecified atom stereocenters. The molecule has 126 valence electrons. The van der Waals surface area contributed by atoms with E-state index in [-0.39, 0.29) is 18.7 Å². The average Bonchev–Trinajstić information content (AvgIpc) is 2.93. The number of hydrogen-bond donors (Lipinski definition) is 2. The average molecular weight is 321 g/mol. The Hall–Kier alpha value is -2.24. The van der Waals surface area contributed by atoms with Crippen molar-refractivity contribution >= 4 is 17.6 Å². The second kappa shape index (κ2) is 7.35. The molecule has 0 atom stereocenters. The van der Waals surface area contributed by atoms with Gasteiger partial charge in [0.15, 0.2) is 11.5 Å². The zero-order valence-electron chi connectivity index (χ0n) is 13.6. The summed E-state index contributed by atoms with van der Waals surface area (Å²) in [4.78, 5) is 23.4. The lowest BCUT2D eigenvalue weighted by atomic mass is 9.79. The molecule has 0 radical (unpaired) electrons. The van der Waals surface area contributed by atoms with Gasteiger partial charge in [0.1, 0.15) is 0 Å². The van der Waals surface area contributed by atoms with Crippen LogP contribution < -0.4 is 14.8 Å². The van der Waals surface area contributed by atoms with Crippen LogP contribution in [0.5, 0.6) is 11.5 Å². The first-order valence-electron chi connectivity index (χ1n) is 7.72. The quantitative estimate of drug-likeness (QED) is 0.806. The Bertz CT molecular complexity index is 578. The first-order chi connectivity index (χ1) is 11.0. The van der Waals surface area contributed by atoms with Crippen molar-refractivity contribution in [3.8, 4) is 11.5 Å². The molecule has 6 nitrogen and oxygen atoms in total. The van der Waals surface area contributed by atoms with Crippen LogP contribution >= 0.6 is 0 Å². The van der Waals surface area contributed by atoms with E-state index in [9.17, 15) is 9.59 Å². The summed E-state index contributed by atoms with van der Waals surface area (Å²) >= 11 is 0. The first-order valence-corrected chi connectivity index (χ1v) is 7.72. The molecule has 2 rings (SSSR count). The number of amides is 1.